The minimum atomic E-state index is -1.08. The first-order valence-corrected chi connectivity index (χ1v) is 7.09. The van der Waals surface area contributed by atoms with Crippen molar-refractivity contribution in [2.45, 2.75) is 13.0 Å². The molecule has 0 aliphatic carbocycles. The Morgan fingerprint density at radius 3 is 2.48 bits per heavy atom. The number of carboxylic acid groups (broad SMARTS) is 1. The van der Waals surface area contributed by atoms with Crippen LogP contribution in [-0.4, -0.2) is 23.0 Å². The van der Waals surface area contributed by atoms with Crippen LogP contribution in [0.15, 0.2) is 60.7 Å². The summed E-state index contributed by atoms with van der Waals surface area (Å²) in [7, 11) is 0. The van der Waals surface area contributed by atoms with Crippen LogP contribution in [0, 0.1) is 0 Å². The van der Waals surface area contributed by atoms with Crippen molar-refractivity contribution in [1.82, 2.24) is 5.32 Å². The minimum absolute atomic E-state index is 0.464. The summed E-state index contributed by atoms with van der Waals surface area (Å²) in [5, 5.41) is 11.1. The third-order valence-electron chi connectivity index (χ3n) is 2.99. The summed E-state index contributed by atoms with van der Waals surface area (Å²) in [4.78, 5) is 22.3. The van der Waals surface area contributed by atoms with Gasteiger partial charge in [0, 0.05) is 6.08 Å². The SMILES string of the molecule is C[C@H](NC(=O)/C=C/c1cccc(Oc2ccccc2)c1)C(=O)O. The predicted molar refractivity (Wildman–Crippen MR) is 87.2 cm³/mol. The Balaban J connectivity index is 2.01. The highest BCUT2D eigenvalue weighted by molar-refractivity contribution is 5.94. The molecule has 2 N–H and O–H groups in total. The summed E-state index contributed by atoms with van der Waals surface area (Å²) in [5.41, 5.74) is 0.775. The molecule has 0 aliphatic heterocycles. The van der Waals surface area contributed by atoms with Crippen molar-refractivity contribution in [2.75, 3.05) is 0 Å². The molecule has 2 aromatic rings. The number of para-hydroxylation sites is 1. The molecule has 0 heterocycles. The molecule has 118 valence electrons. The Morgan fingerprint density at radius 1 is 1.09 bits per heavy atom. The highest BCUT2D eigenvalue weighted by Gasteiger charge is 2.11. The molecule has 0 saturated carbocycles. The minimum Gasteiger partial charge on any atom is -0.480 e. The Hall–Kier alpha value is -3.08. The van der Waals surface area contributed by atoms with E-state index in [1.54, 1.807) is 12.1 Å². The van der Waals surface area contributed by atoms with Crippen LogP contribution < -0.4 is 10.1 Å². The van der Waals surface area contributed by atoms with Crippen molar-refractivity contribution in [3.63, 3.8) is 0 Å². The highest BCUT2D eigenvalue weighted by Crippen LogP contribution is 2.22. The van der Waals surface area contributed by atoms with E-state index in [-0.39, 0.29) is 0 Å². The Bertz CT molecular complexity index is 710. The summed E-state index contributed by atoms with van der Waals surface area (Å²) in [5.74, 6) is -0.168. The number of hydrogen-bond donors (Lipinski definition) is 2. The lowest BCUT2D eigenvalue weighted by Gasteiger charge is -2.07. The average molecular weight is 311 g/mol. The molecule has 0 radical (unpaired) electrons. The molecule has 0 aliphatic rings. The van der Waals surface area contributed by atoms with Gasteiger partial charge in [0.25, 0.3) is 0 Å². The van der Waals surface area contributed by atoms with E-state index < -0.39 is 17.9 Å². The summed E-state index contributed by atoms with van der Waals surface area (Å²) < 4.78 is 5.71. The lowest BCUT2D eigenvalue weighted by atomic mass is 10.2. The second-order valence-corrected chi connectivity index (χ2v) is 4.89. The number of hydrogen-bond acceptors (Lipinski definition) is 3. The molecule has 23 heavy (non-hydrogen) atoms. The predicted octanol–water partition coefficient (Wildman–Crippen LogP) is 3.08. The quantitative estimate of drug-likeness (QED) is 0.804. The number of carboxylic acids is 1. The van der Waals surface area contributed by atoms with Crippen LogP contribution in [0.2, 0.25) is 0 Å². The average Bonchev–Trinajstić information content (AvgIpc) is 2.54. The zero-order chi connectivity index (χ0) is 16.7. The van der Waals surface area contributed by atoms with Crippen LogP contribution in [-0.2, 0) is 9.59 Å². The maximum atomic E-state index is 11.6. The summed E-state index contributed by atoms with van der Waals surface area (Å²) in [6, 6.07) is 15.7. The molecule has 0 fully saturated rings. The molecule has 0 spiro atoms. The summed E-state index contributed by atoms with van der Waals surface area (Å²) in [6.07, 6.45) is 2.89. The molecule has 1 atom stereocenters. The first kappa shape index (κ1) is 16.3. The van der Waals surface area contributed by atoms with E-state index in [1.165, 1.54) is 13.0 Å². The largest absolute Gasteiger partial charge is 0.480 e. The number of carbonyl (C=O) groups is 2. The lowest BCUT2D eigenvalue weighted by Crippen LogP contribution is -2.37. The van der Waals surface area contributed by atoms with E-state index >= 15 is 0 Å². The Labute approximate surface area is 134 Å². The number of rotatable bonds is 6. The second kappa shape index (κ2) is 7.79. The molecular weight excluding hydrogens is 294 g/mol. The van der Waals surface area contributed by atoms with Crippen molar-refractivity contribution in [3.8, 4) is 11.5 Å². The monoisotopic (exact) mass is 311 g/mol. The summed E-state index contributed by atoms with van der Waals surface area (Å²) >= 11 is 0. The number of carbonyl (C=O) groups excluding carboxylic acids is 1. The van der Waals surface area contributed by atoms with Crippen LogP contribution in [0.5, 0.6) is 11.5 Å². The maximum absolute atomic E-state index is 11.6. The Morgan fingerprint density at radius 2 is 1.78 bits per heavy atom. The van der Waals surface area contributed by atoms with Crippen molar-refractivity contribution >= 4 is 18.0 Å². The fraction of sp³-hybridized carbons (Fsp3) is 0.111. The molecule has 1 amide bonds. The molecule has 0 unspecified atom stereocenters. The van der Waals surface area contributed by atoms with Crippen LogP contribution >= 0.6 is 0 Å². The first-order chi connectivity index (χ1) is 11.0. The lowest BCUT2D eigenvalue weighted by molar-refractivity contribution is -0.140. The zero-order valence-corrected chi connectivity index (χ0v) is 12.6. The van der Waals surface area contributed by atoms with Gasteiger partial charge in [-0.15, -0.1) is 0 Å². The fourth-order valence-electron chi connectivity index (χ4n) is 1.80. The van der Waals surface area contributed by atoms with Gasteiger partial charge in [0.1, 0.15) is 17.5 Å². The molecule has 2 aromatic carbocycles. The van der Waals surface area contributed by atoms with E-state index in [4.69, 9.17) is 9.84 Å². The summed E-state index contributed by atoms with van der Waals surface area (Å²) in [6.45, 7) is 1.41. The van der Waals surface area contributed by atoms with Crippen molar-refractivity contribution in [2.24, 2.45) is 0 Å². The van der Waals surface area contributed by atoms with Gasteiger partial charge in [0.05, 0.1) is 0 Å². The number of benzene rings is 2. The van der Waals surface area contributed by atoms with Gasteiger partial charge in [-0.2, -0.15) is 0 Å². The fourth-order valence-corrected chi connectivity index (χ4v) is 1.80. The topological polar surface area (TPSA) is 75.6 Å². The van der Waals surface area contributed by atoms with Crippen LogP contribution in [0.3, 0.4) is 0 Å². The number of ether oxygens (including phenoxy) is 1. The third-order valence-corrected chi connectivity index (χ3v) is 2.99. The highest BCUT2D eigenvalue weighted by atomic mass is 16.5. The third kappa shape index (κ3) is 5.32. The normalized spacial score (nSPS) is 11.9. The van der Waals surface area contributed by atoms with Gasteiger partial charge in [-0.25, -0.2) is 0 Å². The number of amides is 1. The molecule has 2 rings (SSSR count). The maximum Gasteiger partial charge on any atom is 0.325 e. The van der Waals surface area contributed by atoms with Crippen molar-refractivity contribution in [3.05, 3.63) is 66.2 Å². The first-order valence-electron chi connectivity index (χ1n) is 7.09. The molecule has 0 saturated heterocycles. The van der Waals surface area contributed by atoms with E-state index in [9.17, 15) is 9.59 Å². The van der Waals surface area contributed by atoms with Crippen molar-refractivity contribution < 1.29 is 19.4 Å². The van der Waals surface area contributed by atoms with E-state index in [1.807, 2.05) is 48.5 Å². The van der Waals surface area contributed by atoms with Gasteiger partial charge in [-0.1, -0.05) is 30.3 Å². The van der Waals surface area contributed by atoms with Gasteiger partial charge in [0.15, 0.2) is 0 Å². The van der Waals surface area contributed by atoms with Crippen LogP contribution in [0.1, 0.15) is 12.5 Å². The number of aliphatic carboxylic acids is 1. The molecule has 0 bridgehead atoms. The molecular formula is C18H17NO4. The second-order valence-electron chi connectivity index (χ2n) is 4.89. The van der Waals surface area contributed by atoms with Crippen LogP contribution in [0.4, 0.5) is 0 Å². The standard InChI is InChI=1S/C18H17NO4/c1-13(18(21)22)19-17(20)11-10-14-6-5-9-16(12-14)23-15-7-3-2-4-8-15/h2-13H,1H3,(H,19,20)(H,21,22)/b11-10+/t13-/m0/s1. The van der Waals surface area contributed by atoms with Gasteiger partial charge < -0.3 is 15.2 Å². The Kier molecular flexibility index (Phi) is 5.52. The number of nitrogens with one attached hydrogen (secondary N) is 1. The van der Waals surface area contributed by atoms with Gasteiger partial charge >= 0.3 is 5.97 Å². The van der Waals surface area contributed by atoms with E-state index in [0.29, 0.717) is 5.75 Å². The smallest absolute Gasteiger partial charge is 0.325 e. The molecule has 5 nitrogen and oxygen atoms in total. The molecule has 5 heteroatoms. The van der Waals surface area contributed by atoms with E-state index in [0.717, 1.165) is 11.3 Å². The van der Waals surface area contributed by atoms with Gasteiger partial charge in [0.2, 0.25) is 5.91 Å². The van der Waals surface area contributed by atoms with E-state index in [2.05, 4.69) is 5.32 Å². The zero-order valence-electron chi connectivity index (χ0n) is 12.6. The van der Waals surface area contributed by atoms with Crippen molar-refractivity contribution in [1.29, 1.82) is 0 Å². The van der Waals surface area contributed by atoms with Gasteiger partial charge in [-0.3, -0.25) is 9.59 Å². The molecule has 0 aromatic heterocycles. The van der Waals surface area contributed by atoms with Crippen LogP contribution in [0.25, 0.3) is 6.08 Å². The van der Waals surface area contributed by atoms with Gasteiger partial charge in [-0.05, 0) is 42.8 Å².